The number of nitrogens with zero attached hydrogens (tertiary/aromatic N) is 2. The number of imide groups is 1. The third-order valence-electron chi connectivity index (χ3n) is 5.27. The predicted molar refractivity (Wildman–Crippen MR) is 99.6 cm³/mol. The molecule has 1 heterocycles. The van der Waals surface area contributed by atoms with Gasteiger partial charge in [0.15, 0.2) is 6.61 Å². The number of nitro benzene ring substituents is 1. The number of aryl methyl sites for hydroxylation is 1. The molecule has 0 radical (unpaired) electrons. The zero-order valence-corrected chi connectivity index (χ0v) is 15.9. The summed E-state index contributed by atoms with van der Waals surface area (Å²) in [5, 5.41) is 13.4. The molecule has 3 amide bonds. The molecule has 2 aliphatic rings. The van der Waals surface area contributed by atoms with E-state index in [1.807, 2.05) is 0 Å². The molecular formula is C19H21N3O7. The molecule has 1 saturated heterocycles. The Labute approximate surface area is 166 Å². The van der Waals surface area contributed by atoms with Crippen LogP contribution in [0.5, 0.6) is 0 Å². The minimum atomic E-state index is -0.865. The molecule has 154 valence electrons. The van der Waals surface area contributed by atoms with Crippen molar-refractivity contribution in [1.82, 2.24) is 4.90 Å². The van der Waals surface area contributed by atoms with E-state index >= 15 is 0 Å². The largest absolute Gasteiger partial charge is 0.454 e. The van der Waals surface area contributed by atoms with Crippen LogP contribution in [0.2, 0.25) is 0 Å². The number of nitrogens with one attached hydrogen (secondary N) is 1. The molecule has 0 spiro atoms. The molecule has 0 aromatic heterocycles. The molecule has 1 saturated carbocycles. The first kappa shape index (κ1) is 20.4. The van der Waals surface area contributed by atoms with Crippen molar-refractivity contribution in [2.45, 2.75) is 32.6 Å². The number of ether oxygens (including phenoxy) is 1. The summed E-state index contributed by atoms with van der Waals surface area (Å²) in [7, 11) is 0. The number of benzene rings is 1. The smallest absolute Gasteiger partial charge is 0.326 e. The van der Waals surface area contributed by atoms with Crippen molar-refractivity contribution >= 4 is 35.1 Å². The molecule has 1 aromatic carbocycles. The van der Waals surface area contributed by atoms with Crippen LogP contribution in [0, 0.1) is 28.9 Å². The second kappa shape index (κ2) is 8.38. The molecular weight excluding hydrogens is 382 g/mol. The van der Waals surface area contributed by atoms with Gasteiger partial charge in [-0.15, -0.1) is 0 Å². The van der Waals surface area contributed by atoms with Gasteiger partial charge in [0.1, 0.15) is 6.54 Å². The minimum Gasteiger partial charge on any atom is -0.454 e. The highest BCUT2D eigenvalue weighted by Crippen LogP contribution is 2.37. The number of likely N-dealkylation sites (tertiary alicyclic amines) is 1. The van der Waals surface area contributed by atoms with Gasteiger partial charge >= 0.3 is 5.97 Å². The fourth-order valence-corrected chi connectivity index (χ4v) is 3.79. The number of anilines is 1. The second-order valence-corrected chi connectivity index (χ2v) is 7.23. The Kier molecular flexibility index (Phi) is 5.90. The fourth-order valence-electron chi connectivity index (χ4n) is 3.79. The number of esters is 1. The van der Waals surface area contributed by atoms with Crippen molar-refractivity contribution in [3.05, 3.63) is 33.9 Å². The van der Waals surface area contributed by atoms with Crippen molar-refractivity contribution in [3.63, 3.8) is 0 Å². The van der Waals surface area contributed by atoms with E-state index in [4.69, 9.17) is 4.74 Å². The summed E-state index contributed by atoms with van der Waals surface area (Å²) in [4.78, 5) is 59.9. The van der Waals surface area contributed by atoms with Crippen LogP contribution in [0.3, 0.4) is 0 Å². The average Bonchev–Trinajstić information content (AvgIpc) is 2.93. The fraction of sp³-hybridized carbons (Fsp3) is 0.474. The quantitative estimate of drug-likeness (QED) is 0.329. The van der Waals surface area contributed by atoms with E-state index < -0.39 is 30.0 Å². The van der Waals surface area contributed by atoms with Gasteiger partial charge in [0.25, 0.3) is 11.6 Å². The van der Waals surface area contributed by atoms with E-state index in [0.717, 1.165) is 17.7 Å². The van der Waals surface area contributed by atoms with Crippen molar-refractivity contribution in [3.8, 4) is 0 Å². The maximum Gasteiger partial charge on any atom is 0.326 e. The van der Waals surface area contributed by atoms with Crippen molar-refractivity contribution in [2.75, 3.05) is 18.5 Å². The van der Waals surface area contributed by atoms with Gasteiger partial charge in [-0.25, -0.2) is 0 Å². The molecule has 10 nitrogen and oxygen atoms in total. The Bertz CT molecular complexity index is 859. The zero-order valence-electron chi connectivity index (χ0n) is 15.9. The van der Waals surface area contributed by atoms with Crippen LogP contribution < -0.4 is 5.32 Å². The molecule has 29 heavy (non-hydrogen) atoms. The summed E-state index contributed by atoms with van der Waals surface area (Å²) >= 11 is 0. The Morgan fingerprint density at radius 2 is 1.83 bits per heavy atom. The number of nitro groups is 1. The van der Waals surface area contributed by atoms with Gasteiger partial charge < -0.3 is 10.1 Å². The highest BCUT2D eigenvalue weighted by atomic mass is 16.6. The lowest BCUT2D eigenvalue weighted by Crippen LogP contribution is -2.37. The zero-order chi connectivity index (χ0) is 21.1. The highest BCUT2D eigenvalue weighted by Gasteiger charge is 2.48. The summed E-state index contributed by atoms with van der Waals surface area (Å²) < 4.78 is 4.86. The molecule has 2 atom stereocenters. The SMILES string of the molecule is Cc1ccc(NC(=O)COC(=O)CN2C(=O)[C@H]3CCCC[C@H]3C2=O)cc1[N+](=O)[O-]. The number of rotatable bonds is 6. The number of hydrogen-bond donors (Lipinski definition) is 1. The maximum absolute atomic E-state index is 12.3. The van der Waals surface area contributed by atoms with Crippen molar-refractivity contribution in [1.29, 1.82) is 0 Å². The van der Waals surface area contributed by atoms with Gasteiger partial charge in [-0.05, 0) is 25.8 Å². The number of carbonyl (C=O) groups is 4. The van der Waals surface area contributed by atoms with E-state index in [-0.39, 0.29) is 35.0 Å². The van der Waals surface area contributed by atoms with Gasteiger partial charge in [-0.2, -0.15) is 0 Å². The summed E-state index contributed by atoms with van der Waals surface area (Å²) in [6, 6.07) is 4.19. The Morgan fingerprint density at radius 1 is 1.21 bits per heavy atom. The lowest BCUT2D eigenvalue weighted by atomic mass is 9.81. The van der Waals surface area contributed by atoms with Crippen molar-refractivity contribution in [2.24, 2.45) is 11.8 Å². The molecule has 1 aliphatic heterocycles. The number of fused-ring (bicyclic) bond motifs is 1. The van der Waals surface area contributed by atoms with Gasteiger partial charge in [-0.1, -0.05) is 18.9 Å². The van der Waals surface area contributed by atoms with Crippen LogP contribution in [-0.4, -0.2) is 46.7 Å². The summed E-state index contributed by atoms with van der Waals surface area (Å²) in [6.07, 6.45) is 3.06. The molecule has 3 rings (SSSR count). The standard InChI is InChI=1S/C19H21N3O7/c1-11-6-7-12(8-15(11)22(27)28)20-16(23)10-29-17(24)9-21-18(25)13-4-2-3-5-14(13)19(21)26/h6-8,13-14H,2-5,9-10H2,1H3,(H,20,23)/t13-,14+. The molecule has 0 unspecified atom stereocenters. The van der Waals surface area contributed by atoms with Crippen LogP contribution in [0.1, 0.15) is 31.2 Å². The van der Waals surface area contributed by atoms with E-state index in [9.17, 15) is 29.3 Å². The van der Waals surface area contributed by atoms with Crippen molar-refractivity contribution < 1.29 is 28.8 Å². The average molecular weight is 403 g/mol. The van der Waals surface area contributed by atoms with Crippen LogP contribution in [0.4, 0.5) is 11.4 Å². The first-order valence-electron chi connectivity index (χ1n) is 9.33. The summed E-state index contributed by atoms with van der Waals surface area (Å²) in [6.45, 7) is 0.417. The van der Waals surface area contributed by atoms with Gasteiger partial charge in [0, 0.05) is 17.3 Å². The molecule has 1 aliphatic carbocycles. The van der Waals surface area contributed by atoms with Crippen LogP contribution in [-0.2, 0) is 23.9 Å². The minimum absolute atomic E-state index is 0.146. The third-order valence-corrected chi connectivity index (χ3v) is 5.27. The normalized spacial score (nSPS) is 20.9. The molecule has 10 heteroatoms. The summed E-state index contributed by atoms with van der Waals surface area (Å²) in [5.74, 6) is -2.98. The Morgan fingerprint density at radius 3 is 2.41 bits per heavy atom. The predicted octanol–water partition coefficient (Wildman–Crippen LogP) is 1.56. The second-order valence-electron chi connectivity index (χ2n) is 7.23. The van der Waals surface area contributed by atoms with E-state index in [1.54, 1.807) is 6.92 Å². The van der Waals surface area contributed by atoms with E-state index in [1.165, 1.54) is 18.2 Å². The Hall–Kier alpha value is -3.30. The van der Waals surface area contributed by atoms with E-state index in [2.05, 4.69) is 5.32 Å². The first-order chi connectivity index (χ1) is 13.8. The first-order valence-corrected chi connectivity index (χ1v) is 9.33. The van der Waals surface area contributed by atoms with Gasteiger partial charge in [-0.3, -0.25) is 34.2 Å². The van der Waals surface area contributed by atoms with Crippen LogP contribution >= 0.6 is 0 Å². The molecule has 1 N–H and O–H groups in total. The maximum atomic E-state index is 12.3. The monoisotopic (exact) mass is 403 g/mol. The lowest BCUT2D eigenvalue weighted by molar-refractivity contribution is -0.385. The molecule has 0 bridgehead atoms. The Balaban J connectivity index is 1.51. The number of amides is 3. The number of hydrogen-bond acceptors (Lipinski definition) is 7. The van der Waals surface area contributed by atoms with Gasteiger partial charge in [0.2, 0.25) is 11.8 Å². The molecule has 2 fully saturated rings. The molecule has 1 aromatic rings. The van der Waals surface area contributed by atoms with Crippen LogP contribution in [0.25, 0.3) is 0 Å². The van der Waals surface area contributed by atoms with Crippen LogP contribution in [0.15, 0.2) is 18.2 Å². The third kappa shape index (κ3) is 4.41. The highest BCUT2D eigenvalue weighted by molar-refractivity contribution is 6.07. The van der Waals surface area contributed by atoms with Gasteiger partial charge in [0.05, 0.1) is 16.8 Å². The van der Waals surface area contributed by atoms with E-state index in [0.29, 0.717) is 18.4 Å². The lowest BCUT2D eigenvalue weighted by Gasteiger charge is -2.19. The topological polar surface area (TPSA) is 136 Å². The summed E-state index contributed by atoms with van der Waals surface area (Å²) in [5.41, 5.74) is 0.490. The number of carbonyl (C=O) groups excluding carboxylic acids is 4.